The van der Waals surface area contributed by atoms with E-state index >= 15 is 0 Å². The number of benzene rings is 7. The van der Waals surface area contributed by atoms with Gasteiger partial charge in [0.15, 0.2) is 0 Å². The average molecular weight is 535 g/mol. The first-order chi connectivity index (χ1) is 20.8. The van der Waals surface area contributed by atoms with Gasteiger partial charge in [-0.25, -0.2) is 0 Å². The Morgan fingerprint density at radius 1 is 0.357 bits per heavy atom. The van der Waals surface area contributed by atoms with Crippen LogP contribution in [0.4, 0.5) is 0 Å². The van der Waals surface area contributed by atoms with E-state index in [0.717, 1.165) is 5.69 Å². The lowest BCUT2D eigenvalue weighted by Crippen LogP contribution is -1.96. The van der Waals surface area contributed by atoms with E-state index < -0.39 is 0 Å². The van der Waals surface area contributed by atoms with Crippen LogP contribution in [-0.2, 0) is 0 Å². The molecule has 0 radical (unpaired) electrons. The second kappa shape index (κ2) is 8.95. The molecule has 0 unspecified atom stereocenters. The van der Waals surface area contributed by atoms with Crippen LogP contribution in [0.15, 0.2) is 158 Å². The monoisotopic (exact) mass is 534 g/mol. The number of hydrogen-bond donors (Lipinski definition) is 0. The quantitative estimate of drug-likeness (QED) is 0.200. The third-order valence-corrected chi connectivity index (χ3v) is 8.68. The predicted molar refractivity (Wildman–Crippen MR) is 178 cm³/mol. The molecular weight excluding hydrogens is 508 g/mol. The van der Waals surface area contributed by atoms with Gasteiger partial charge in [-0.2, -0.15) is 0 Å². The largest absolute Gasteiger partial charge is 0.316 e. The predicted octanol–water partition coefficient (Wildman–Crippen LogP) is 10.7. The summed E-state index contributed by atoms with van der Waals surface area (Å²) in [6, 6.07) is 55.1. The molecule has 2 heterocycles. The number of fused-ring (bicyclic) bond motifs is 6. The molecule has 2 aromatic heterocycles. The minimum absolute atomic E-state index is 1.16. The number of aromatic nitrogens is 2. The molecule has 2 nitrogen and oxygen atoms in total. The van der Waals surface area contributed by atoms with E-state index in [9.17, 15) is 0 Å². The molecule has 0 amide bonds. The third-order valence-electron chi connectivity index (χ3n) is 8.68. The van der Waals surface area contributed by atoms with E-state index in [0.29, 0.717) is 0 Å². The van der Waals surface area contributed by atoms with Gasteiger partial charge >= 0.3 is 0 Å². The summed E-state index contributed by atoms with van der Waals surface area (Å²) < 4.78 is 4.72. The molecule has 0 saturated carbocycles. The smallest absolute Gasteiger partial charge is 0.0562 e. The lowest BCUT2D eigenvalue weighted by molar-refractivity contribution is 1.12. The highest BCUT2D eigenvalue weighted by atomic mass is 15.0. The van der Waals surface area contributed by atoms with Crippen LogP contribution in [0, 0.1) is 0 Å². The molecule has 0 saturated heterocycles. The molecule has 42 heavy (non-hydrogen) atoms. The molecule has 0 spiro atoms. The Balaban J connectivity index is 1.34. The van der Waals surface area contributed by atoms with Gasteiger partial charge in [-0.05, 0) is 87.3 Å². The van der Waals surface area contributed by atoms with Crippen LogP contribution in [0.2, 0.25) is 0 Å². The Hall–Kier alpha value is -5.60. The Labute approximate surface area is 243 Å². The molecule has 7 aromatic carbocycles. The molecular formula is C40H26N2. The number of para-hydroxylation sites is 2. The van der Waals surface area contributed by atoms with Crippen molar-refractivity contribution >= 4 is 54.3 Å². The number of nitrogens with zero attached hydrogens (tertiary/aromatic N) is 2. The maximum Gasteiger partial charge on any atom is 0.0562 e. The van der Waals surface area contributed by atoms with Crippen LogP contribution in [0.1, 0.15) is 0 Å². The van der Waals surface area contributed by atoms with Crippen molar-refractivity contribution < 1.29 is 0 Å². The first-order valence-corrected chi connectivity index (χ1v) is 14.4. The molecule has 9 rings (SSSR count). The molecule has 0 aliphatic rings. The average Bonchev–Trinajstić information content (AvgIpc) is 3.61. The second-order valence-electron chi connectivity index (χ2n) is 11.0. The second-order valence-corrected chi connectivity index (χ2v) is 11.0. The van der Waals surface area contributed by atoms with Crippen LogP contribution in [-0.4, -0.2) is 9.13 Å². The van der Waals surface area contributed by atoms with Crippen molar-refractivity contribution in [1.82, 2.24) is 9.13 Å². The lowest BCUT2D eigenvalue weighted by atomic mass is 9.92. The summed E-state index contributed by atoms with van der Waals surface area (Å²) in [5, 5.41) is 8.85. The van der Waals surface area contributed by atoms with Crippen molar-refractivity contribution in [1.29, 1.82) is 0 Å². The maximum absolute atomic E-state index is 2.43. The van der Waals surface area contributed by atoms with E-state index in [1.807, 2.05) is 0 Å². The summed E-state index contributed by atoms with van der Waals surface area (Å²) in [5.41, 5.74) is 8.46. The Kier molecular flexibility index (Phi) is 4.93. The van der Waals surface area contributed by atoms with E-state index in [-0.39, 0.29) is 0 Å². The summed E-state index contributed by atoms with van der Waals surface area (Å²) in [4.78, 5) is 0. The first-order valence-electron chi connectivity index (χ1n) is 14.4. The molecule has 0 bridgehead atoms. The standard InChI is InChI=1S/C40H26N2/c1-2-14-31(15-3-1)41-22-21-29-25-36-35-19-8-9-20-37(35)42(39(36)26-38(29)41)32-16-10-13-30(24-32)40-33-17-6-4-11-27(33)23-28-12-5-7-18-34(28)40/h1-26H. The summed E-state index contributed by atoms with van der Waals surface area (Å²) in [7, 11) is 0. The van der Waals surface area contributed by atoms with Gasteiger partial charge in [0, 0.05) is 33.7 Å². The fraction of sp³-hybridized carbons (Fsp3) is 0. The van der Waals surface area contributed by atoms with Crippen LogP contribution >= 0.6 is 0 Å². The van der Waals surface area contributed by atoms with E-state index in [1.54, 1.807) is 0 Å². The van der Waals surface area contributed by atoms with Crippen molar-refractivity contribution in [2.24, 2.45) is 0 Å². The molecule has 2 heteroatoms. The molecule has 0 fully saturated rings. The van der Waals surface area contributed by atoms with Crippen LogP contribution in [0.5, 0.6) is 0 Å². The minimum Gasteiger partial charge on any atom is -0.316 e. The maximum atomic E-state index is 2.43. The Morgan fingerprint density at radius 2 is 1.02 bits per heavy atom. The fourth-order valence-electron chi connectivity index (χ4n) is 6.82. The Bertz CT molecular complexity index is 2400. The third kappa shape index (κ3) is 3.39. The van der Waals surface area contributed by atoms with E-state index in [1.165, 1.54) is 71.1 Å². The van der Waals surface area contributed by atoms with Gasteiger partial charge in [-0.1, -0.05) is 97.1 Å². The molecule has 0 aliphatic heterocycles. The lowest BCUT2D eigenvalue weighted by Gasteiger charge is -2.15. The van der Waals surface area contributed by atoms with Gasteiger partial charge in [-0.15, -0.1) is 0 Å². The summed E-state index contributed by atoms with van der Waals surface area (Å²) in [5.74, 6) is 0. The van der Waals surface area contributed by atoms with Crippen molar-refractivity contribution in [3.63, 3.8) is 0 Å². The highest BCUT2D eigenvalue weighted by Crippen LogP contribution is 2.39. The normalized spacial score (nSPS) is 11.8. The van der Waals surface area contributed by atoms with Crippen LogP contribution in [0.3, 0.4) is 0 Å². The molecule has 196 valence electrons. The van der Waals surface area contributed by atoms with Gasteiger partial charge in [0.2, 0.25) is 0 Å². The van der Waals surface area contributed by atoms with Crippen LogP contribution < -0.4 is 0 Å². The zero-order valence-electron chi connectivity index (χ0n) is 22.9. The van der Waals surface area contributed by atoms with Crippen molar-refractivity contribution in [3.05, 3.63) is 158 Å². The molecule has 0 aliphatic carbocycles. The summed E-state index contributed by atoms with van der Waals surface area (Å²) in [6.07, 6.45) is 2.18. The summed E-state index contributed by atoms with van der Waals surface area (Å²) in [6.45, 7) is 0. The zero-order valence-corrected chi connectivity index (χ0v) is 22.9. The minimum atomic E-state index is 1.16. The van der Waals surface area contributed by atoms with E-state index in [4.69, 9.17) is 0 Å². The summed E-state index contributed by atoms with van der Waals surface area (Å²) >= 11 is 0. The van der Waals surface area contributed by atoms with Crippen molar-refractivity contribution in [2.75, 3.05) is 0 Å². The Morgan fingerprint density at radius 3 is 1.81 bits per heavy atom. The fourth-order valence-corrected chi connectivity index (χ4v) is 6.82. The van der Waals surface area contributed by atoms with Gasteiger partial charge in [-0.3, -0.25) is 0 Å². The van der Waals surface area contributed by atoms with Crippen LogP contribution in [0.25, 0.3) is 76.8 Å². The SMILES string of the molecule is c1ccc(-n2ccc3cc4c5ccccc5n(-c5cccc(-c6c7ccccc7cc7ccccc67)c5)c4cc32)cc1. The van der Waals surface area contributed by atoms with Gasteiger partial charge in [0.1, 0.15) is 0 Å². The highest BCUT2D eigenvalue weighted by molar-refractivity contribution is 6.15. The van der Waals surface area contributed by atoms with Gasteiger partial charge in [0.25, 0.3) is 0 Å². The highest BCUT2D eigenvalue weighted by Gasteiger charge is 2.16. The first kappa shape index (κ1) is 23.1. The van der Waals surface area contributed by atoms with Gasteiger partial charge in [0.05, 0.1) is 16.6 Å². The van der Waals surface area contributed by atoms with Crippen molar-refractivity contribution in [2.45, 2.75) is 0 Å². The zero-order chi connectivity index (χ0) is 27.6. The topological polar surface area (TPSA) is 9.86 Å². The van der Waals surface area contributed by atoms with Gasteiger partial charge < -0.3 is 9.13 Å². The number of rotatable bonds is 3. The number of hydrogen-bond acceptors (Lipinski definition) is 0. The molecule has 0 atom stereocenters. The molecule has 9 aromatic rings. The molecule has 0 N–H and O–H groups in total. The van der Waals surface area contributed by atoms with Crippen molar-refractivity contribution in [3.8, 4) is 22.5 Å². The van der Waals surface area contributed by atoms with E-state index in [2.05, 4.69) is 167 Å².